The Labute approximate surface area is 108 Å². The third-order valence-corrected chi connectivity index (χ3v) is 5.13. The third kappa shape index (κ3) is 1.43. The number of anilines is 1. The van der Waals surface area contributed by atoms with Gasteiger partial charge in [-0.3, -0.25) is 0 Å². The molecule has 0 spiro atoms. The molecule has 18 heavy (non-hydrogen) atoms. The number of allylic oxidation sites excluding steroid dienone is 2. The van der Waals surface area contributed by atoms with E-state index >= 15 is 0 Å². The molecule has 4 atom stereocenters. The van der Waals surface area contributed by atoms with Gasteiger partial charge >= 0.3 is 0 Å². The quantitative estimate of drug-likeness (QED) is 0.710. The van der Waals surface area contributed by atoms with Crippen LogP contribution in [0.5, 0.6) is 0 Å². The molecule has 0 aromatic carbocycles. The van der Waals surface area contributed by atoms with Crippen molar-refractivity contribution in [3.8, 4) is 0 Å². The van der Waals surface area contributed by atoms with Gasteiger partial charge in [-0.2, -0.15) is 0 Å². The SMILES string of the molecule is Nc1ncc2c(n1)C1C3C=CC(CC3)C1CCC2. The van der Waals surface area contributed by atoms with Gasteiger partial charge in [0.2, 0.25) is 5.95 Å². The molecule has 1 heterocycles. The summed E-state index contributed by atoms with van der Waals surface area (Å²) in [6.07, 6.45) is 13.3. The standard InChI is InChI=1S/C15H19N3/c16-15-17-8-11-2-1-3-12-9-4-6-10(7-5-9)13(12)14(11)18-15/h4,6,8-10,12-13H,1-3,5,7H2,(H2,16,17,18). The van der Waals surface area contributed by atoms with Gasteiger partial charge in [-0.25, -0.2) is 9.97 Å². The van der Waals surface area contributed by atoms with Crippen LogP contribution in [-0.4, -0.2) is 9.97 Å². The van der Waals surface area contributed by atoms with Gasteiger partial charge in [0, 0.05) is 12.1 Å². The van der Waals surface area contributed by atoms with Gasteiger partial charge in [-0.05, 0) is 55.4 Å². The Morgan fingerprint density at radius 2 is 1.94 bits per heavy atom. The highest BCUT2D eigenvalue weighted by molar-refractivity contribution is 5.33. The molecular weight excluding hydrogens is 222 g/mol. The maximum Gasteiger partial charge on any atom is 0.220 e. The van der Waals surface area contributed by atoms with E-state index in [1.54, 1.807) is 0 Å². The maximum atomic E-state index is 5.81. The molecule has 3 heteroatoms. The number of hydrogen-bond donors (Lipinski definition) is 1. The van der Waals surface area contributed by atoms with Crippen LogP contribution in [0.4, 0.5) is 5.95 Å². The molecule has 0 saturated heterocycles. The molecule has 2 N–H and O–H groups in total. The predicted octanol–water partition coefficient (Wildman–Crippen LogP) is 2.69. The van der Waals surface area contributed by atoms with Crippen molar-refractivity contribution in [1.82, 2.24) is 9.97 Å². The molecule has 94 valence electrons. The summed E-state index contributed by atoms with van der Waals surface area (Å²) in [5.74, 6) is 3.31. The van der Waals surface area contributed by atoms with Crippen molar-refractivity contribution in [3.05, 3.63) is 29.6 Å². The summed E-state index contributed by atoms with van der Waals surface area (Å²) in [7, 11) is 0. The van der Waals surface area contributed by atoms with Crippen LogP contribution in [0.3, 0.4) is 0 Å². The molecule has 0 aliphatic heterocycles. The largest absolute Gasteiger partial charge is 0.368 e. The molecule has 5 rings (SSSR count). The summed E-state index contributed by atoms with van der Waals surface area (Å²) in [5, 5.41) is 0. The second-order valence-corrected chi connectivity index (χ2v) is 6.01. The fourth-order valence-electron chi connectivity index (χ4n) is 4.35. The highest BCUT2D eigenvalue weighted by Gasteiger charge is 2.43. The molecule has 1 saturated carbocycles. The average molecular weight is 241 g/mol. The summed E-state index contributed by atoms with van der Waals surface area (Å²) in [5.41, 5.74) is 8.43. The molecule has 4 aliphatic rings. The van der Waals surface area contributed by atoms with Crippen LogP contribution in [0, 0.1) is 17.8 Å². The van der Waals surface area contributed by atoms with E-state index in [1.807, 2.05) is 6.20 Å². The van der Waals surface area contributed by atoms with Gasteiger partial charge in [0.1, 0.15) is 0 Å². The van der Waals surface area contributed by atoms with E-state index in [1.165, 1.54) is 36.9 Å². The van der Waals surface area contributed by atoms with Gasteiger partial charge < -0.3 is 5.73 Å². The van der Waals surface area contributed by atoms with Crippen LogP contribution >= 0.6 is 0 Å². The van der Waals surface area contributed by atoms with E-state index in [2.05, 4.69) is 22.1 Å². The van der Waals surface area contributed by atoms with Crippen molar-refractivity contribution < 1.29 is 0 Å². The highest BCUT2D eigenvalue weighted by atomic mass is 15.0. The lowest BCUT2D eigenvalue weighted by molar-refractivity contribution is 0.169. The Morgan fingerprint density at radius 1 is 1.11 bits per heavy atom. The molecule has 0 amide bonds. The number of nitrogen functional groups attached to an aromatic ring is 1. The highest BCUT2D eigenvalue weighted by Crippen LogP contribution is 2.53. The first-order chi connectivity index (χ1) is 8.83. The summed E-state index contributed by atoms with van der Waals surface area (Å²) in [4.78, 5) is 8.79. The van der Waals surface area contributed by atoms with Gasteiger partial charge in [0.05, 0.1) is 5.69 Å². The lowest BCUT2D eigenvalue weighted by atomic mass is 9.60. The normalized spacial score (nSPS) is 36.9. The number of nitrogens with zero attached hydrogens (tertiary/aromatic N) is 2. The number of fused-ring (bicyclic) bond motifs is 2. The molecule has 2 bridgehead atoms. The van der Waals surface area contributed by atoms with Gasteiger partial charge in [0.15, 0.2) is 0 Å². The molecule has 3 nitrogen and oxygen atoms in total. The first-order valence-electron chi connectivity index (χ1n) is 7.12. The van der Waals surface area contributed by atoms with Gasteiger partial charge in [-0.15, -0.1) is 0 Å². The molecule has 1 fully saturated rings. The summed E-state index contributed by atoms with van der Waals surface area (Å²) < 4.78 is 0. The minimum Gasteiger partial charge on any atom is -0.368 e. The summed E-state index contributed by atoms with van der Waals surface area (Å²) in [6.45, 7) is 0. The minimum atomic E-state index is 0.444. The fourth-order valence-corrected chi connectivity index (χ4v) is 4.35. The smallest absolute Gasteiger partial charge is 0.220 e. The van der Waals surface area contributed by atoms with Crippen LogP contribution in [0.2, 0.25) is 0 Å². The summed E-state index contributed by atoms with van der Waals surface area (Å²) in [6, 6.07) is 0. The molecule has 4 aliphatic carbocycles. The van der Waals surface area contributed by atoms with E-state index in [0.29, 0.717) is 17.8 Å². The van der Waals surface area contributed by atoms with Crippen LogP contribution in [-0.2, 0) is 6.42 Å². The number of hydrogen-bond acceptors (Lipinski definition) is 3. The first-order valence-corrected chi connectivity index (χ1v) is 7.12. The van der Waals surface area contributed by atoms with E-state index < -0.39 is 0 Å². The van der Waals surface area contributed by atoms with E-state index in [-0.39, 0.29) is 0 Å². The van der Waals surface area contributed by atoms with Crippen LogP contribution in [0.15, 0.2) is 18.3 Å². The van der Waals surface area contributed by atoms with E-state index in [9.17, 15) is 0 Å². The second kappa shape index (κ2) is 3.81. The van der Waals surface area contributed by atoms with Crippen molar-refractivity contribution in [1.29, 1.82) is 0 Å². The number of rotatable bonds is 0. The number of nitrogens with two attached hydrogens (primary N) is 1. The Hall–Kier alpha value is -1.38. The minimum absolute atomic E-state index is 0.444. The second-order valence-electron chi connectivity index (χ2n) is 6.01. The Balaban J connectivity index is 1.86. The zero-order valence-corrected chi connectivity index (χ0v) is 10.5. The Morgan fingerprint density at radius 3 is 2.78 bits per heavy atom. The van der Waals surface area contributed by atoms with Crippen molar-refractivity contribution in [2.75, 3.05) is 5.73 Å². The topological polar surface area (TPSA) is 51.8 Å². The average Bonchev–Trinajstić information content (AvgIpc) is 2.60. The molecule has 4 unspecified atom stereocenters. The van der Waals surface area contributed by atoms with Crippen molar-refractivity contribution in [3.63, 3.8) is 0 Å². The van der Waals surface area contributed by atoms with Crippen LogP contribution in [0.1, 0.15) is 42.9 Å². The van der Waals surface area contributed by atoms with Crippen molar-refractivity contribution in [2.45, 2.75) is 38.0 Å². The lowest BCUT2D eigenvalue weighted by Gasteiger charge is -2.44. The number of aryl methyl sites for hydroxylation is 1. The molecule has 1 aromatic heterocycles. The van der Waals surface area contributed by atoms with Gasteiger partial charge in [0.25, 0.3) is 0 Å². The zero-order valence-electron chi connectivity index (χ0n) is 10.5. The first kappa shape index (κ1) is 10.5. The zero-order chi connectivity index (χ0) is 12.1. The molecular formula is C15H19N3. The molecule has 1 aromatic rings. The maximum absolute atomic E-state index is 5.81. The summed E-state index contributed by atoms with van der Waals surface area (Å²) >= 11 is 0. The Bertz CT molecular complexity index is 508. The van der Waals surface area contributed by atoms with Crippen LogP contribution in [0.25, 0.3) is 0 Å². The predicted molar refractivity (Wildman–Crippen MR) is 71.0 cm³/mol. The number of aromatic nitrogens is 2. The van der Waals surface area contributed by atoms with Gasteiger partial charge in [-0.1, -0.05) is 12.2 Å². The monoisotopic (exact) mass is 241 g/mol. The van der Waals surface area contributed by atoms with Crippen molar-refractivity contribution in [2.24, 2.45) is 17.8 Å². The lowest BCUT2D eigenvalue weighted by Crippen LogP contribution is -2.35. The van der Waals surface area contributed by atoms with Crippen molar-refractivity contribution >= 4 is 5.95 Å². The fraction of sp³-hybridized carbons (Fsp3) is 0.600. The molecule has 0 radical (unpaired) electrons. The van der Waals surface area contributed by atoms with Crippen LogP contribution < -0.4 is 5.73 Å². The van der Waals surface area contributed by atoms with E-state index in [4.69, 9.17) is 5.73 Å². The van der Waals surface area contributed by atoms with E-state index in [0.717, 1.165) is 18.3 Å². The third-order valence-electron chi connectivity index (χ3n) is 5.13. The Kier molecular flexibility index (Phi) is 2.23.